The monoisotopic (exact) mass is 372 g/mol. The summed E-state index contributed by atoms with van der Waals surface area (Å²) in [7, 11) is 4.81. The number of ether oxygens (including phenoxy) is 3. The second-order valence-electron chi connectivity index (χ2n) is 6.61. The normalized spacial score (nSPS) is 12.9. The van der Waals surface area contributed by atoms with Crippen LogP contribution in [0.3, 0.4) is 0 Å². The fourth-order valence-electron chi connectivity index (χ4n) is 3.52. The Hall–Kier alpha value is -2.69. The van der Waals surface area contributed by atoms with Crippen LogP contribution in [0.15, 0.2) is 36.4 Å². The molecule has 27 heavy (non-hydrogen) atoms. The predicted molar refractivity (Wildman–Crippen MR) is 105 cm³/mol. The molecule has 0 spiro atoms. The van der Waals surface area contributed by atoms with Gasteiger partial charge in [0.25, 0.3) is 0 Å². The zero-order valence-electron chi connectivity index (χ0n) is 16.6. The van der Waals surface area contributed by atoms with E-state index in [2.05, 4.69) is 0 Å². The maximum atomic E-state index is 12.1. The van der Waals surface area contributed by atoms with Crippen molar-refractivity contribution in [1.82, 2.24) is 0 Å². The average Bonchev–Trinajstić information content (AvgIpc) is 2.67. The van der Waals surface area contributed by atoms with E-state index in [1.807, 2.05) is 50.2 Å². The number of aryl methyl sites for hydroxylation is 1. The molecule has 0 aliphatic heterocycles. The average molecular weight is 372 g/mol. The third kappa shape index (κ3) is 4.73. The molecule has 0 radical (unpaired) electrons. The molecule has 0 unspecified atom stereocenters. The first-order valence-corrected chi connectivity index (χ1v) is 9.03. The van der Waals surface area contributed by atoms with E-state index >= 15 is 0 Å². The summed E-state index contributed by atoms with van der Waals surface area (Å²) in [6, 6.07) is 11.3. The maximum Gasteiger partial charge on any atom is 0.311 e. The molecule has 0 saturated carbocycles. The van der Waals surface area contributed by atoms with E-state index in [-0.39, 0.29) is 5.92 Å². The van der Waals surface area contributed by atoms with Crippen molar-refractivity contribution in [3.63, 3.8) is 0 Å². The molecular weight excluding hydrogens is 344 g/mol. The molecule has 2 atom stereocenters. The maximum absolute atomic E-state index is 12.1. The second-order valence-corrected chi connectivity index (χ2v) is 6.61. The lowest BCUT2D eigenvalue weighted by atomic mass is 9.80. The van der Waals surface area contributed by atoms with Crippen molar-refractivity contribution >= 4 is 5.97 Å². The first-order valence-electron chi connectivity index (χ1n) is 9.03. The first kappa shape index (κ1) is 20.6. The van der Waals surface area contributed by atoms with Crippen LogP contribution in [0.4, 0.5) is 0 Å². The summed E-state index contributed by atoms with van der Waals surface area (Å²) in [5.41, 5.74) is 2.76. The molecule has 2 aromatic carbocycles. The van der Waals surface area contributed by atoms with Crippen LogP contribution in [0.25, 0.3) is 0 Å². The Morgan fingerprint density at radius 1 is 0.963 bits per heavy atom. The molecule has 1 N–H and O–H groups in total. The van der Waals surface area contributed by atoms with Crippen LogP contribution in [0.2, 0.25) is 0 Å². The van der Waals surface area contributed by atoms with Gasteiger partial charge in [0.1, 0.15) is 5.75 Å². The number of hydrogen-bond donors (Lipinski definition) is 1. The Morgan fingerprint density at radius 2 is 1.59 bits per heavy atom. The van der Waals surface area contributed by atoms with E-state index in [1.165, 1.54) is 0 Å². The Morgan fingerprint density at radius 3 is 2.11 bits per heavy atom. The van der Waals surface area contributed by atoms with Gasteiger partial charge in [-0.25, -0.2) is 0 Å². The van der Waals surface area contributed by atoms with Crippen LogP contribution >= 0.6 is 0 Å². The molecule has 0 saturated heterocycles. The summed E-state index contributed by atoms with van der Waals surface area (Å²) in [4.78, 5) is 12.1. The summed E-state index contributed by atoms with van der Waals surface area (Å²) in [5, 5.41) is 9.93. The summed E-state index contributed by atoms with van der Waals surface area (Å²) >= 11 is 0. The molecule has 2 aromatic rings. The largest absolute Gasteiger partial charge is 0.496 e. The van der Waals surface area contributed by atoms with Crippen molar-refractivity contribution in [3.05, 3.63) is 53.1 Å². The highest BCUT2D eigenvalue weighted by Crippen LogP contribution is 2.35. The summed E-state index contributed by atoms with van der Waals surface area (Å²) < 4.78 is 15.9. The van der Waals surface area contributed by atoms with E-state index in [0.717, 1.165) is 28.9 Å². The van der Waals surface area contributed by atoms with Crippen molar-refractivity contribution in [2.45, 2.75) is 32.6 Å². The third-order valence-corrected chi connectivity index (χ3v) is 4.99. The Kier molecular flexibility index (Phi) is 7.11. The van der Waals surface area contributed by atoms with Crippen molar-refractivity contribution in [1.29, 1.82) is 0 Å². The van der Waals surface area contributed by atoms with Gasteiger partial charge in [0.15, 0.2) is 11.5 Å². The van der Waals surface area contributed by atoms with Crippen LogP contribution in [0.5, 0.6) is 17.2 Å². The highest BCUT2D eigenvalue weighted by Gasteiger charge is 2.29. The van der Waals surface area contributed by atoms with Crippen molar-refractivity contribution in [2.75, 3.05) is 21.3 Å². The SMILES string of the molecule is CC[C@H](Cc1ccc(OC)c(OC)c1)[C@H](C(=O)O)c1ccc(OC)c(C)c1. The number of carboxylic acids is 1. The number of methoxy groups -OCH3 is 3. The predicted octanol–water partition coefficient (Wildman–Crippen LogP) is 4.46. The zero-order valence-corrected chi connectivity index (χ0v) is 16.6. The van der Waals surface area contributed by atoms with Gasteiger partial charge in [0, 0.05) is 0 Å². The van der Waals surface area contributed by atoms with Crippen LogP contribution in [-0.2, 0) is 11.2 Å². The van der Waals surface area contributed by atoms with Gasteiger partial charge >= 0.3 is 5.97 Å². The van der Waals surface area contributed by atoms with Crippen molar-refractivity contribution < 1.29 is 24.1 Å². The number of aliphatic carboxylic acids is 1. The van der Waals surface area contributed by atoms with Gasteiger partial charge < -0.3 is 19.3 Å². The fourth-order valence-corrected chi connectivity index (χ4v) is 3.52. The first-order chi connectivity index (χ1) is 12.9. The number of carboxylic acid groups (broad SMARTS) is 1. The van der Waals surface area contributed by atoms with Crippen LogP contribution < -0.4 is 14.2 Å². The summed E-state index contributed by atoms with van der Waals surface area (Å²) in [6.07, 6.45) is 1.38. The quantitative estimate of drug-likeness (QED) is 0.704. The Labute approximate surface area is 160 Å². The molecule has 0 heterocycles. The molecule has 0 amide bonds. The molecule has 0 bridgehead atoms. The molecular formula is C22H28O5. The highest BCUT2D eigenvalue weighted by molar-refractivity contribution is 5.76. The highest BCUT2D eigenvalue weighted by atomic mass is 16.5. The Bertz CT molecular complexity index is 784. The lowest BCUT2D eigenvalue weighted by Crippen LogP contribution is -2.23. The topological polar surface area (TPSA) is 65.0 Å². The van der Waals surface area contributed by atoms with Gasteiger partial charge in [-0.05, 0) is 54.2 Å². The second kappa shape index (κ2) is 9.31. The van der Waals surface area contributed by atoms with Crippen LogP contribution in [-0.4, -0.2) is 32.4 Å². The zero-order chi connectivity index (χ0) is 20.0. The standard InChI is InChI=1S/C22H28O5/c1-6-16(12-15-7-9-19(26-4)20(13-15)27-5)21(22(23)24)17-8-10-18(25-3)14(2)11-17/h7-11,13,16,21H,6,12H2,1-5H3,(H,23,24)/t16-,21+/m1/s1. The van der Waals surface area contributed by atoms with E-state index in [0.29, 0.717) is 17.9 Å². The van der Waals surface area contributed by atoms with E-state index in [4.69, 9.17) is 14.2 Å². The lowest BCUT2D eigenvalue weighted by molar-refractivity contribution is -0.140. The lowest BCUT2D eigenvalue weighted by Gasteiger charge is -2.24. The molecule has 0 fully saturated rings. The third-order valence-electron chi connectivity index (χ3n) is 4.99. The number of benzene rings is 2. The minimum atomic E-state index is -0.813. The molecule has 146 valence electrons. The molecule has 5 heteroatoms. The fraction of sp³-hybridized carbons (Fsp3) is 0.409. The van der Waals surface area contributed by atoms with Crippen LogP contribution in [0.1, 0.15) is 36.0 Å². The van der Waals surface area contributed by atoms with Gasteiger partial charge in [0.2, 0.25) is 0 Å². The number of hydrogen-bond acceptors (Lipinski definition) is 4. The number of carbonyl (C=O) groups is 1. The van der Waals surface area contributed by atoms with E-state index in [1.54, 1.807) is 21.3 Å². The molecule has 0 aliphatic rings. The van der Waals surface area contributed by atoms with E-state index < -0.39 is 11.9 Å². The van der Waals surface area contributed by atoms with Gasteiger partial charge in [-0.15, -0.1) is 0 Å². The molecule has 2 rings (SSSR count). The summed E-state index contributed by atoms with van der Waals surface area (Å²) in [6.45, 7) is 3.95. The number of rotatable bonds is 9. The van der Waals surface area contributed by atoms with Crippen molar-refractivity contribution in [2.24, 2.45) is 5.92 Å². The van der Waals surface area contributed by atoms with Crippen LogP contribution in [0, 0.1) is 12.8 Å². The Balaban J connectivity index is 2.34. The van der Waals surface area contributed by atoms with Gasteiger partial charge in [-0.1, -0.05) is 31.5 Å². The minimum absolute atomic E-state index is 0.0478. The minimum Gasteiger partial charge on any atom is -0.496 e. The molecule has 0 aliphatic carbocycles. The van der Waals surface area contributed by atoms with Crippen molar-refractivity contribution in [3.8, 4) is 17.2 Å². The summed E-state index contributed by atoms with van der Waals surface area (Å²) in [5.74, 6) is 0.621. The van der Waals surface area contributed by atoms with Gasteiger partial charge in [-0.2, -0.15) is 0 Å². The smallest absolute Gasteiger partial charge is 0.311 e. The van der Waals surface area contributed by atoms with Gasteiger partial charge in [-0.3, -0.25) is 4.79 Å². The molecule has 0 aromatic heterocycles. The van der Waals surface area contributed by atoms with Gasteiger partial charge in [0.05, 0.1) is 27.2 Å². The molecule has 5 nitrogen and oxygen atoms in total. The van der Waals surface area contributed by atoms with E-state index in [9.17, 15) is 9.90 Å².